The number of carbonyl (C=O) groups excluding carboxylic acids is 1. The number of anilines is 1. The third-order valence-electron chi connectivity index (χ3n) is 3.18. The molecule has 0 atom stereocenters. The number of nitrogens with one attached hydrogen (secondary N) is 1. The number of nitrogens with zero attached hydrogens (tertiary/aromatic N) is 2. The quantitative estimate of drug-likeness (QED) is 0.862. The van der Waals surface area contributed by atoms with Crippen LogP contribution in [0.2, 0.25) is 0 Å². The minimum Gasteiger partial charge on any atom is -0.383 e. The van der Waals surface area contributed by atoms with Gasteiger partial charge in [0.25, 0.3) is 5.91 Å². The summed E-state index contributed by atoms with van der Waals surface area (Å²) in [6.07, 6.45) is 3.54. The maximum absolute atomic E-state index is 12.1. The van der Waals surface area contributed by atoms with Gasteiger partial charge < -0.3 is 16.0 Å². The second-order valence-corrected chi connectivity index (χ2v) is 5.55. The Hall–Kier alpha value is -1.14. The van der Waals surface area contributed by atoms with Gasteiger partial charge in [-0.1, -0.05) is 0 Å². The fourth-order valence-corrected chi connectivity index (χ4v) is 2.38. The number of piperidine rings is 1. The highest BCUT2D eigenvalue weighted by atomic mass is 79.9. The van der Waals surface area contributed by atoms with Crippen molar-refractivity contribution in [1.29, 1.82) is 0 Å². The van der Waals surface area contributed by atoms with Gasteiger partial charge in [0, 0.05) is 16.7 Å². The van der Waals surface area contributed by atoms with Crippen LogP contribution in [0, 0.1) is 0 Å². The number of hydrogen-bond acceptors (Lipinski definition) is 4. The Morgan fingerprint density at radius 1 is 1.56 bits per heavy atom. The molecule has 0 aliphatic carbocycles. The van der Waals surface area contributed by atoms with E-state index in [4.69, 9.17) is 5.73 Å². The molecule has 1 aromatic heterocycles. The van der Waals surface area contributed by atoms with Crippen molar-refractivity contribution in [2.75, 3.05) is 25.9 Å². The fraction of sp³-hybridized carbons (Fsp3) is 0.500. The number of hydrogen-bond donors (Lipinski definition) is 2. The van der Waals surface area contributed by atoms with Crippen molar-refractivity contribution in [3.8, 4) is 0 Å². The number of aromatic nitrogens is 1. The molecule has 98 valence electrons. The van der Waals surface area contributed by atoms with Crippen molar-refractivity contribution in [2.45, 2.75) is 18.9 Å². The van der Waals surface area contributed by atoms with Crippen molar-refractivity contribution >= 4 is 27.7 Å². The number of likely N-dealkylation sites (tertiary alicyclic amines) is 1. The molecule has 1 amide bonds. The predicted molar refractivity (Wildman–Crippen MR) is 74.3 cm³/mol. The van der Waals surface area contributed by atoms with Crippen molar-refractivity contribution in [3.05, 3.63) is 22.3 Å². The van der Waals surface area contributed by atoms with E-state index in [1.54, 1.807) is 12.3 Å². The Morgan fingerprint density at radius 2 is 2.22 bits per heavy atom. The lowest BCUT2D eigenvalue weighted by Gasteiger charge is -2.29. The number of nitrogens with two attached hydrogens (primary N) is 1. The summed E-state index contributed by atoms with van der Waals surface area (Å²) in [6.45, 7) is 2.02. The summed E-state index contributed by atoms with van der Waals surface area (Å²) in [5, 5.41) is 3.02. The molecular weight excluding hydrogens is 296 g/mol. The van der Waals surface area contributed by atoms with Gasteiger partial charge in [-0.25, -0.2) is 4.98 Å². The molecule has 6 heteroatoms. The second-order valence-electron chi connectivity index (χ2n) is 4.64. The van der Waals surface area contributed by atoms with Gasteiger partial charge >= 0.3 is 0 Å². The zero-order chi connectivity index (χ0) is 13.1. The van der Waals surface area contributed by atoms with Crippen LogP contribution < -0.4 is 11.1 Å². The maximum atomic E-state index is 12.1. The zero-order valence-electron chi connectivity index (χ0n) is 10.3. The molecular formula is C12H17BrN4O. The Kier molecular flexibility index (Phi) is 4.19. The first-order valence-corrected chi connectivity index (χ1v) is 6.76. The fourth-order valence-electron chi connectivity index (χ4n) is 2.05. The van der Waals surface area contributed by atoms with Crippen molar-refractivity contribution in [3.63, 3.8) is 0 Å². The summed E-state index contributed by atoms with van der Waals surface area (Å²) in [6, 6.07) is 1.93. The van der Waals surface area contributed by atoms with E-state index < -0.39 is 0 Å². The Bertz CT molecular complexity index is 444. The summed E-state index contributed by atoms with van der Waals surface area (Å²) < 4.78 is 0.755. The van der Waals surface area contributed by atoms with Gasteiger partial charge in [-0.15, -0.1) is 0 Å². The molecule has 0 aromatic carbocycles. The van der Waals surface area contributed by atoms with Gasteiger partial charge in [0.15, 0.2) is 0 Å². The van der Waals surface area contributed by atoms with Crippen LogP contribution in [0.3, 0.4) is 0 Å². The molecule has 3 N–H and O–H groups in total. The molecule has 1 fully saturated rings. The average Bonchev–Trinajstić information content (AvgIpc) is 2.35. The number of rotatable bonds is 2. The van der Waals surface area contributed by atoms with E-state index in [2.05, 4.69) is 38.2 Å². The first-order valence-electron chi connectivity index (χ1n) is 5.96. The maximum Gasteiger partial charge on any atom is 0.255 e. The second kappa shape index (κ2) is 5.67. The van der Waals surface area contributed by atoms with Crippen LogP contribution in [0.5, 0.6) is 0 Å². The van der Waals surface area contributed by atoms with Crippen LogP contribution in [0.4, 0.5) is 5.82 Å². The topological polar surface area (TPSA) is 71.2 Å². The molecule has 1 aromatic rings. The predicted octanol–water partition coefficient (Wildman–Crippen LogP) is 1.25. The Labute approximate surface area is 115 Å². The van der Waals surface area contributed by atoms with Crippen LogP contribution >= 0.6 is 15.9 Å². The highest BCUT2D eigenvalue weighted by molar-refractivity contribution is 9.10. The van der Waals surface area contributed by atoms with Crippen molar-refractivity contribution in [2.24, 2.45) is 0 Å². The van der Waals surface area contributed by atoms with E-state index in [0.29, 0.717) is 5.56 Å². The van der Waals surface area contributed by atoms with Crippen LogP contribution in [-0.2, 0) is 0 Å². The monoisotopic (exact) mass is 312 g/mol. The van der Waals surface area contributed by atoms with E-state index in [9.17, 15) is 4.79 Å². The van der Waals surface area contributed by atoms with Gasteiger partial charge in [-0.05, 0) is 55.0 Å². The first kappa shape index (κ1) is 13.3. The highest BCUT2D eigenvalue weighted by Gasteiger charge is 2.20. The standard InChI is InChI=1S/C12H17BrN4O/c1-17-4-2-9(3-5-17)16-12(18)10-6-8(13)7-15-11(10)14/h6-7,9H,2-5H2,1H3,(H2,14,15)(H,16,18). The summed E-state index contributed by atoms with van der Waals surface area (Å²) in [5.41, 5.74) is 6.15. The molecule has 2 rings (SSSR count). The summed E-state index contributed by atoms with van der Waals surface area (Å²) in [5.74, 6) is 0.125. The molecule has 0 radical (unpaired) electrons. The smallest absolute Gasteiger partial charge is 0.255 e. The van der Waals surface area contributed by atoms with E-state index in [1.165, 1.54) is 0 Å². The van der Waals surface area contributed by atoms with Crippen LogP contribution in [-0.4, -0.2) is 42.0 Å². The minimum atomic E-state index is -0.143. The number of amides is 1. The van der Waals surface area contributed by atoms with Gasteiger partial charge in [-0.2, -0.15) is 0 Å². The van der Waals surface area contributed by atoms with Crippen LogP contribution in [0.15, 0.2) is 16.7 Å². The number of nitrogen functional groups attached to an aromatic ring is 1. The lowest BCUT2D eigenvalue weighted by Crippen LogP contribution is -2.43. The SMILES string of the molecule is CN1CCC(NC(=O)c2cc(Br)cnc2N)CC1. The van der Waals surface area contributed by atoms with E-state index in [1.807, 2.05) is 0 Å². The normalized spacial score (nSPS) is 17.7. The van der Waals surface area contributed by atoms with Crippen LogP contribution in [0.25, 0.3) is 0 Å². The van der Waals surface area contributed by atoms with Crippen molar-refractivity contribution < 1.29 is 4.79 Å². The summed E-state index contributed by atoms with van der Waals surface area (Å²) >= 11 is 3.29. The largest absolute Gasteiger partial charge is 0.383 e. The van der Waals surface area contributed by atoms with Crippen molar-refractivity contribution in [1.82, 2.24) is 15.2 Å². The third kappa shape index (κ3) is 3.20. The van der Waals surface area contributed by atoms with E-state index in [-0.39, 0.29) is 17.8 Å². The molecule has 0 unspecified atom stereocenters. The van der Waals surface area contributed by atoms with E-state index >= 15 is 0 Å². The zero-order valence-corrected chi connectivity index (χ0v) is 11.9. The molecule has 1 aliphatic rings. The summed E-state index contributed by atoms with van der Waals surface area (Å²) in [4.78, 5) is 18.3. The molecule has 0 saturated carbocycles. The van der Waals surface area contributed by atoms with Gasteiger partial charge in [0.1, 0.15) is 5.82 Å². The van der Waals surface area contributed by atoms with Crippen LogP contribution in [0.1, 0.15) is 23.2 Å². The number of pyridine rings is 1. The lowest BCUT2D eigenvalue weighted by molar-refractivity contribution is 0.0917. The average molecular weight is 313 g/mol. The molecule has 0 spiro atoms. The lowest BCUT2D eigenvalue weighted by atomic mass is 10.1. The Balaban J connectivity index is 2.01. The highest BCUT2D eigenvalue weighted by Crippen LogP contribution is 2.16. The first-order chi connectivity index (χ1) is 8.56. The van der Waals surface area contributed by atoms with E-state index in [0.717, 1.165) is 30.4 Å². The molecule has 0 bridgehead atoms. The Morgan fingerprint density at radius 3 is 2.89 bits per heavy atom. The molecule has 5 nitrogen and oxygen atoms in total. The molecule has 2 heterocycles. The molecule has 18 heavy (non-hydrogen) atoms. The number of carbonyl (C=O) groups is 1. The number of halogens is 1. The van der Waals surface area contributed by atoms with Gasteiger partial charge in [0.05, 0.1) is 5.56 Å². The van der Waals surface area contributed by atoms with Gasteiger partial charge in [0.2, 0.25) is 0 Å². The minimum absolute atomic E-state index is 0.143. The van der Waals surface area contributed by atoms with Gasteiger partial charge in [-0.3, -0.25) is 4.79 Å². The summed E-state index contributed by atoms with van der Waals surface area (Å²) in [7, 11) is 2.09. The molecule has 1 aliphatic heterocycles. The third-order valence-corrected chi connectivity index (χ3v) is 3.62. The molecule has 1 saturated heterocycles.